The van der Waals surface area contributed by atoms with Crippen molar-refractivity contribution in [1.82, 2.24) is 20.0 Å². The number of ketones is 1. The number of amides is 3. The van der Waals surface area contributed by atoms with Crippen LogP contribution in [0.1, 0.15) is 63.5 Å². The molecule has 1 N–H and O–H groups in total. The Morgan fingerprint density at radius 1 is 0.920 bits per heavy atom. The molecule has 2 aromatic carbocycles. The molecule has 1 aliphatic carbocycles. The van der Waals surface area contributed by atoms with E-state index in [0.717, 1.165) is 68.1 Å². The van der Waals surface area contributed by atoms with Gasteiger partial charge in [-0.2, -0.15) is 0 Å². The van der Waals surface area contributed by atoms with E-state index in [1.165, 1.54) is 0 Å². The molecular weight excluding hydrogens is 681 g/mol. The fourth-order valence-electron chi connectivity index (χ4n) is 6.66. The van der Waals surface area contributed by atoms with Gasteiger partial charge in [0.2, 0.25) is 11.8 Å². The van der Waals surface area contributed by atoms with E-state index in [4.69, 9.17) is 32.7 Å². The second-order valence-corrected chi connectivity index (χ2v) is 15.0. The highest BCUT2D eigenvalue weighted by Gasteiger charge is 2.30. The Morgan fingerprint density at radius 2 is 1.64 bits per heavy atom. The zero-order valence-corrected chi connectivity index (χ0v) is 30.9. The van der Waals surface area contributed by atoms with E-state index >= 15 is 0 Å². The SMILES string of the molecule is CC(C)(C)OC(=O)N1CCN(C(=O)CC(=O)NCC2CC(=O)Cc3cc(OCCCCN4CCN(c5cccc(Cl)c5Cl)CC4)ccc32)CC1. The molecular formula is C37H49Cl2N5O6. The third-order valence-electron chi connectivity index (χ3n) is 9.34. The molecule has 3 amide bonds. The van der Waals surface area contributed by atoms with Crippen LogP contribution in [0.2, 0.25) is 10.0 Å². The number of piperazine rings is 2. The summed E-state index contributed by atoms with van der Waals surface area (Å²) in [4.78, 5) is 58.4. The van der Waals surface area contributed by atoms with E-state index < -0.39 is 11.7 Å². The molecule has 11 nitrogen and oxygen atoms in total. The van der Waals surface area contributed by atoms with Gasteiger partial charge in [0.25, 0.3) is 0 Å². The van der Waals surface area contributed by atoms with Crippen molar-refractivity contribution >= 4 is 52.6 Å². The third-order valence-corrected chi connectivity index (χ3v) is 10.1. The van der Waals surface area contributed by atoms with Crippen LogP contribution in [0.4, 0.5) is 10.5 Å². The molecule has 1 atom stereocenters. The van der Waals surface area contributed by atoms with Crippen molar-refractivity contribution in [1.29, 1.82) is 0 Å². The number of ether oxygens (including phenoxy) is 2. The van der Waals surface area contributed by atoms with Crippen molar-refractivity contribution in [3.63, 3.8) is 0 Å². The Labute approximate surface area is 305 Å². The summed E-state index contributed by atoms with van der Waals surface area (Å²) in [5.74, 6) is 0.0368. The first-order valence-corrected chi connectivity index (χ1v) is 18.3. The average Bonchev–Trinajstić information content (AvgIpc) is 3.07. The van der Waals surface area contributed by atoms with E-state index in [2.05, 4.69) is 15.1 Å². The second-order valence-electron chi connectivity index (χ2n) is 14.3. The maximum atomic E-state index is 12.8. The molecule has 5 rings (SSSR count). The predicted molar refractivity (Wildman–Crippen MR) is 194 cm³/mol. The summed E-state index contributed by atoms with van der Waals surface area (Å²) in [7, 11) is 0. The molecule has 50 heavy (non-hydrogen) atoms. The number of nitrogens with zero attached hydrogens (tertiary/aromatic N) is 4. The van der Waals surface area contributed by atoms with Gasteiger partial charge in [-0.25, -0.2) is 4.79 Å². The average molecular weight is 731 g/mol. The molecule has 2 heterocycles. The number of hydrogen-bond acceptors (Lipinski definition) is 8. The van der Waals surface area contributed by atoms with Gasteiger partial charge in [0.05, 0.1) is 22.3 Å². The number of halogens is 2. The van der Waals surface area contributed by atoms with Crippen molar-refractivity contribution in [2.75, 3.05) is 77.0 Å². The highest BCUT2D eigenvalue weighted by atomic mass is 35.5. The summed E-state index contributed by atoms with van der Waals surface area (Å²) in [5.41, 5.74) is 2.36. The van der Waals surface area contributed by atoms with E-state index in [1.807, 2.05) is 57.2 Å². The standard InChI is InChI=1S/C37H49Cl2N5O6/c1-37(2,3)50-36(48)44-18-16-43(17-19-44)34(47)24-33(46)40-25-27-22-28(45)21-26-23-29(9-10-30(26)27)49-20-5-4-11-41-12-14-42(15-13-41)32-8-6-7-31(38)35(32)39/h6-10,23,27H,4-5,11-22,24-25H2,1-3H3,(H,40,46). The number of nitrogens with one attached hydrogen (secondary N) is 1. The van der Waals surface area contributed by atoms with Gasteiger partial charge in [-0.15, -0.1) is 0 Å². The summed E-state index contributed by atoms with van der Waals surface area (Å²) in [6.45, 7) is 12.5. The molecule has 272 valence electrons. The maximum Gasteiger partial charge on any atom is 0.410 e. The molecule has 0 spiro atoms. The van der Waals surface area contributed by atoms with Crippen LogP contribution in [-0.2, 0) is 25.5 Å². The van der Waals surface area contributed by atoms with Crippen LogP contribution in [0.5, 0.6) is 5.75 Å². The van der Waals surface area contributed by atoms with Gasteiger partial charge in [-0.1, -0.05) is 35.3 Å². The largest absolute Gasteiger partial charge is 0.494 e. The lowest BCUT2D eigenvalue weighted by molar-refractivity contribution is -0.137. The maximum absolute atomic E-state index is 12.8. The highest BCUT2D eigenvalue weighted by molar-refractivity contribution is 6.43. The summed E-state index contributed by atoms with van der Waals surface area (Å²) < 4.78 is 11.5. The van der Waals surface area contributed by atoms with Crippen LogP contribution >= 0.6 is 23.2 Å². The highest BCUT2D eigenvalue weighted by Crippen LogP contribution is 2.34. The number of Topliss-reactive ketones (excluding diaryl/α,β-unsaturated/α-hetero) is 1. The van der Waals surface area contributed by atoms with Crippen LogP contribution in [-0.4, -0.2) is 116 Å². The molecule has 0 bridgehead atoms. The van der Waals surface area contributed by atoms with Crippen LogP contribution in [0.3, 0.4) is 0 Å². The van der Waals surface area contributed by atoms with Gasteiger partial charge >= 0.3 is 6.09 Å². The van der Waals surface area contributed by atoms with Crippen molar-refractivity contribution in [2.24, 2.45) is 0 Å². The Bertz CT molecular complexity index is 1530. The topological polar surface area (TPSA) is 112 Å². The van der Waals surface area contributed by atoms with E-state index in [-0.39, 0.29) is 36.5 Å². The lowest BCUT2D eigenvalue weighted by atomic mass is 9.82. The van der Waals surface area contributed by atoms with Crippen LogP contribution < -0.4 is 15.0 Å². The van der Waals surface area contributed by atoms with Crippen LogP contribution in [0.15, 0.2) is 36.4 Å². The lowest BCUT2D eigenvalue weighted by Crippen LogP contribution is -2.52. The van der Waals surface area contributed by atoms with E-state index in [1.54, 1.807) is 9.80 Å². The smallest absolute Gasteiger partial charge is 0.410 e. The number of rotatable bonds is 11. The number of unbranched alkanes of at least 4 members (excludes halogenated alkanes) is 1. The first kappa shape index (κ1) is 37.7. The van der Waals surface area contributed by atoms with Crippen LogP contribution in [0, 0.1) is 0 Å². The molecule has 1 unspecified atom stereocenters. The van der Waals surface area contributed by atoms with Crippen molar-refractivity contribution in [2.45, 2.75) is 64.4 Å². The minimum atomic E-state index is -0.587. The van der Waals surface area contributed by atoms with Gasteiger partial charge < -0.3 is 29.5 Å². The molecule has 2 aliphatic heterocycles. The predicted octanol–water partition coefficient (Wildman–Crippen LogP) is 5.16. The van der Waals surface area contributed by atoms with Gasteiger partial charge in [-0.3, -0.25) is 19.3 Å². The molecule has 2 saturated heterocycles. The fraction of sp³-hybridized carbons (Fsp3) is 0.568. The van der Waals surface area contributed by atoms with Gasteiger partial charge in [0, 0.05) is 77.7 Å². The quantitative estimate of drug-likeness (QED) is 0.250. The molecule has 0 aromatic heterocycles. The normalized spacial score (nSPS) is 18.5. The monoisotopic (exact) mass is 729 g/mol. The zero-order valence-electron chi connectivity index (χ0n) is 29.3. The number of hydrogen-bond donors (Lipinski definition) is 1. The molecule has 2 aromatic rings. The van der Waals surface area contributed by atoms with Gasteiger partial charge in [0.1, 0.15) is 23.6 Å². The number of carbonyl (C=O) groups is 4. The second kappa shape index (κ2) is 17.1. The molecule has 3 aliphatic rings. The minimum absolute atomic E-state index is 0.116. The van der Waals surface area contributed by atoms with Gasteiger partial charge in [-0.05, 0) is 75.5 Å². The fourth-order valence-corrected chi connectivity index (χ4v) is 7.08. The summed E-state index contributed by atoms with van der Waals surface area (Å²) in [5, 5.41) is 4.06. The number of benzene rings is 2. The minimum Gasteiger partial charge on any atom is -0.494 e. The van der Waals surface area contributed by atoms with Crippen molar-refractivity contribution < 1.29 is 28.7 Å². The Balaban J connectivity index is 0.999. The first-order chi connectivity index (χ1) is 23.9. The van der Waals surface area contributed by atoms with Crippen molar-refractivity contribution in [3.8, 4) is 5.75 Å². The van der Waals surface area contributed by atoms with E-state index in [9.17, 15) is 19.2 Å². The number of carbonyl (C=O) groups excluding carboxylic acids is 4. The molecule has 13 heteroatoms. The first-order valence-electron chi connectivity index (χ1n) is 17.6. The molecule has 2 fully saturated rings. The summed E-state index contributed by atoms with van der Waals surface area (Å²) >= 11 is 12.6. The molecule has 0 radical (unpaired) electrons. The zero-order chi connectivity index (χ0) is 35.8. The molecule has 0 saturated carbocycles. The van der Waals surface area contributed by atoms with Crippen LogP contribution in [0.25, 0.3) is 0 Å². The number of fused-ring (bicyclic) bond motifs is 1. The number of anilines is 1. The Kier molecular flexibility index (Phi) is 12.9. The summed E-state index contributed by atoms with van der Waals surface area (Å²) in [6, 6.07) is 11.6. The Hall–Kier alpha value is -3.54. The lowest BCUT2D eigenvalue weighted by Gasteiger charge is -2.36. The van der Waals surface area contributed by atoms with E-state index in [0.29, 0.717) is 55.7 Å². The summed E-state index contributed by atoms with van der Waals surface area (Å²) in [6.07, 6.45) is 1.95. The Morgan fingerprint density at radius 3 is 2.36 bits per heavy atom. The van der Waals surface area contributed by atoms with Gasteiger partial charge in [0.15, 0.2) is 0 Å². The van der Waals surface area contributed by atoms with Crippen molar-refractivity contribution in [3.05, 3.63) is 57.6 Å². The third kappa shape index (κ3) is 10.5.